The van der Waals surface area contributed by atoms with E-state index in [0.717, 1.165) is 29.8 Å². The Morgan fingerprint density at radius 3 is 2.48 bits per heavy atom. The van der Waals surface area contributed by atoms with Crippen LogP contribution < -0.4 is 5.56 Å². The Kier molecular flexibility index (Phi) is 7.42. The fourth-order valence-electron chi connectivity index (χ4n) is 4.69. The van der Waals surface area contributed by atoms with Crippen molar-refractivity contribution in [3.05, 3.63) is 64.0 Å². The number of aryl methyl sites for hydroxylation is 3. The quantitative estimate of drug-likeness (QED) is 0.298. The van der Waals surface area contributed by atoms with Gasteiger partial charge in [-0.25, -0.2) is 33.3 Å². The van der Waals surface area contributed by atoms with E-state index >= 15 is 0 Å². The highest BCUT2D eigenvalue weighted by Gasteiger charge is 2.31. The minimum absolute atomic E-state index is 0.00691. The van der Waals surface area contributed by atoms with Crippen LogP contribution in [0, 0.1) is 24.2 Å². The predicted molar refractivity (Wildman–Crippen MR) is 148 cm³/mol. The summed E-state index contributed by atoms with van der Waals surface area (Å²) >= 11 is 0. The minimum Gasteiger partial charge on any atom is -0.273 e. The number of nitriles is 1. The van der Waals surface area contributed by atoms with Crippen LogP contribution >= 0.6 is 0 Å². The summed E-state index contributed by atoms with van der Waals surface area (Å²) in [6.45, 7) is 7.23. The normalized spacial score (nSPS) is 14.4. The largest absolute Gasteiger partial charge is 0.275 e. The van der Waals surface area contributed by atoms with Gasteiger partial charge in [-0.3, -0.25) is 14.3 Å². The van der Waals surface area contributed by atoms with Gasteiger partial charge < -0.3 is 0 Å². The van der Waals surface area contributed by atoms with Crippen LogP contribution in [0.25, 0.3) is 22.6 Å². The Morgan fingerprint density at radius 1 is 1.07 bits per heavy atom. The number of aromatic nitrogens is 7. The number of hydrogen-bond donors (Lipinski definition) is 0. The Balaban J connectivity index is 1.58. The highest BCUT2D eigenvalue weighted by Crippen LogP contribution is 2.43. The lowest BCUT2D eigenvalue weighted by molar-refractivity contribution is 0.455. The number of sulfone groups is 1. The van der Waals surface area contributed by atoms with Gasteiger partial charge in [-0.1, -0.05) is 20.8 Å². The van der Waals surface area contributed by atoms with Gasteiger partial charge in [0, 0.05) is 24.2 Å². The van der Waals surface area contributed by atoms with Crippen LogP contribution in [0.2, 0.25) is 0 Å². The molecule has 0 radical (unpaired) electrons. The van der Waals surface area contributed by atoms with Crippen molar-refractivity contribution in [2.75, 3.05) is 5.75 Å². The average Bonchev–Trinajstić information content (AvgIpc) is 3.79. The third-order valence-corrected chi connectivity index (χ3v) is 8.87. The van der Waals surface area contributed by atoms with Gasteiger partial charge in [0.2, 0.25) is 0 Å². The third kappa shape index (κ3) is 5.21. The second-order valence-corrected chi connectivity index (χ2v) is 12.6. The fraction of sp³-hybridized carbons (Fsp3) is 0.429. The Bertz CT molecular complexity index is 1790. The van der Waals surface area contributed by atoms with Crippen LogP contribution in [-0.2, 0) is 22.7 Å². The van der Waals surface area contributed by atoms with Crippen molar-refractivity contribution in [3.8, 4) is 17.5 Å². The molecule has 0 unspecified atom stereocenters. The first kappa shape index (κ1) is 27.5. The van der Waals surface area contributed by atoms with Gasteiger partial charge in [0.25, 0.3) is 5.56 Å². The van der Waals surface area contributed by atoms with Crippen molar-refractivity contribution in [1.82, 2.24) is 34.5 Å². The van der Waals surface area contributed by atoms with Crippen LogP contribution in [0.4, 0.5) is 0 Å². The molecular weight excluding hydrogens is 528 g/mol. The standard InChI is InChI=1S/C28H30N8O3S/c1-5-40(38,39)20-10-8-19(30-13-20)9-11-21-28(37)36(23(12-29)16(2)3)27-22(34-21)14-31-26(35-27)24-17(4)32-15-33-25(24)18-6-7-18/h8,10,13-16,18,23H,5-7,9,11H2,1-4H3/t23-/m1/s1. The molecular formula is C28H30N8O3S. The lowest BCUT2D eigenvalue weighted by Crippen LogP contribution is -2.32. The van der Waals surface area contributed by atoms with Crippen molar-refractivity contribution < 1.29 is 8.42 Å². The number of fused-ring (bicyclic) bond motifs is 1. The number of rotatable bonds is 9. The van der Waals surface area contributed by atoms with Crippen LogP contribution in [0.3, 0.4) is 0 Å². The maximum absolute atomic E-state index is 13.8. The molecule has 11 nitrogen and oxygen atoms in total. The highest BCUT2D eigenvalue weighted by atomic mass is 32.2. The monoisotopic (exact) mass is 558 g/mol. The van der Waals surface area contributed by atoms with E-state index < -0.39 is 21.4 Å². The Morgan fingerprint density at radius 2 is 1.85 bits per heavy atom. The first-order valence-corrected chi connectivity index (χ1v) is 15.0. The number of nitrogens with zero attached hydrogens (tertiary/aromatic N) is 8. The summed E-state index contributed by atoms with van der Waals surface area (Å²) in [5, 5.41) is 10.0. The summed E-state index contributed by atoms with van der Waals surface area (Å²) in [6, 6.07) is 4.67. The Hall–Kier alpha value is -4.11. The molecule has 0 N–H and O–H groups in total. The van der Waals surface area contributed by atoms with Crippen LogP contribution in [0.1, 0.15) is 68.3 Å². The van der Waals surface area contributed by atoms with Crippen molar-refractivity contribution in [3.63, 3.8) is 0 Å². The van der Waals surface area contributed by atoms with Crippen LogP contribution in [0.5, 0.6) is 0 Å². The van der Waals surface area contributed by atoms with Gasteiger partial charge in [0.05, 0.1) is 39.9 Å². The molecule has 4 aromatic rings. The van der Waals surface area contributed by atoms with E-state index in [4.69, 9.17) is 4.98 Å². The van der Waals surface area contributed by atoms with Gasteiger partial charge in [-0.2, -0.15) is 5.26 Å². The second-order valence-electron chi connectivity index (χ2n) is 10.3. The maximum Gasteiger partial charge on any atom is 0.275 e. The van der Waals surface area contributed by atoms with Crippen molar-refractivity contribution >= 4 is 21.0 Å². The van der Waals surface area contributed by atoms with Gasteiger partial charge in [0.1, 0.15) is 23.6 Å². The highest BCUT2D eigenvalue weighted by molar-refractivity contribution is 7.91. The summed E-state index contributed by atoms with van der Waals surface area (Å²) < 4.78 is 25.6. The molecule has 0 aliphatic heterocycles. The first-order valence-electron chi connectivity index (χ1n) is 13.3. The van der Waals surface area contributed by atoms with E-state index in [-0.39, 0.29) is 34.3 Å². The fourth-order valence-corrected chi connectivity index (χ4v) is 5.51. The minimum atomic E-state index is -3.35. The summed E-state index contributed by atoms with van der Waals surface area (Å²) in [7, 11) is -3.35. The summed E-state index contributed by atoms with van der Waals surface area (Å²) in [5.41, 5.74) is 3.59. The summed E-state index contributed by atoms with van der Waals surface area (Å²) in [6.07, 6.45) is 7.17. The molecule has 12 heteroatoms. The molecule has 40 heavy (non-hydrogen) atoms. The molecule has 5 rings (SSSR count). The van der Waals surface area contributed by atoms with Crippen molar-refractivity contribution in [2.24, 2.45) is 5.92 Å². The smallest absolute Gasteiger partial charge is 0.273 e. The summed E-state index contributed by atoms with van der Waals surface area (Å²) in [4.78, 5) is 41.1. The zero-order valence-electron chi connectivity index (χ0n) is 22.9. The van der Waals surface area contributed by atoms with Crippen molar-refractivity contribution in [2.45, 2.75) is 70.2 Å². The molecule has 206 valence electrons. The third-order valence-electron chi connectivity index (χ3n) is 7.15. The molecule has 0 spiro atoms. The van der Waals surface area contributed by atoms with E-state index in [0.29, 0.717) is 29.4 Å². The molecule has 4 heterocycles. The zero-order chi connectivity index (χ0) is 28.6. The topological polar surface area (TPSA) is 157 Å². The molecule has 4 aromatic heterocycles. The predicted octanol–water partition coefficient (Wildman–Crippen LogP) is 3.52. The van der Waals surface area contributed by atoms with Crippen molar-refractivity contribution in [1.29, 1.82) is 5.26 Å². The van der Waals surface area contributed by atoms with Gasteiger partial charge >= 0.3 is 0 Å². The summed E-state index contributed by atoms with van der Waals surface area (Å²) in [5.74, 6) is 0.568. The van der Waals surface area contributed by atoms with E-state index in [1.54, 1.807) is 25.5 Å². The molecule has 0 aromatic carbocycles. The molecule has 1 aliphatic carbocycles. The molecule has 0 amide bonds. The first-order chi connectivity index (χ1) is 19.1. The molecule has 1 saturated carbocycles. The molecule has 0 saturated heterocycles. The zero-order valence-corrected chi connectivity index (χ0v) is 23.7. The van der Waals surface area contributed by atoms with Gasteiger partial charge in [0.15, 0.2) is 21.3 Å². The lowest BCUT2D eigenvalue weighted by Gasteiger charge is -2.19. The molecule has 1 atom stereocenters. The lowest BCUT2D eigenvalue weighted by atomic mass is 10.0. The number of pyridine rings is 1. The second kappa shape index (κ2) is 10.8. The molecule has 0 bridgehead atoms. The van der Waals surface area contributed by atoms with E-state index in [9.17, 15) is 18.5 Å². The van der Waals surface area contributed by atoms with Crippen LogP contribution in [-0.4, -0.2) is 48.6 Å². The SMILES string of the molecule is CCS(=O)(=O)c1ccc(CCc2nc3cnc(-c4c(C)ncnc4C4CC4)nc3n([C@H](C#N)C(C)C)c2=O)nc1. The van der Waals surface area contributed by atoms with E-state index in [1.165, 1.54) is 16.8 Å². The van der Waals surface area contributed by atoms with Gasteiger partial charge in [-0.15, -0.1) is 0 Å². The van der Waals surface area contributed by atoms with E-state index in [1.807, 2.05) is 20.8 Å². The average molecular weight is 559 g/mol. The maximum atomic E-state index is 13.8. The molecule has 1 fully saturated rings. The number of hydrogen-bond acceptors (Lipinski definition) is 10. The van der Waals surface area contributed by atoms with E-state index in [2.05, 4.69) is 31.0 Å². The molecule has 1 aliphatic rings. The van der Waals surface area contributed by atoms with Crippen LogP contribution in [0.15, 0.2) is 40.5 Å². The van der Waals surface area contributed by atoms with Gasteiger partial charge in [-0.05, 0) is 44.2 Å². The Labute approximate surface area is 232 Å².